The first kappa shape index (κ1) is 5.53. The maximum atomic E-state index is 4.23. The molecule has 0 aliphatic rings. The molecular formula is C7H9N3. The highest BCUT2D eigenvalue weighted by molar-refractivity contribution is 5.40. The Morgan fingerprint density at radius 3 is 2.90 bits per heavy atom. The molecule has 0 aliphatic carbocycles. The van der Waals surface area contributed by atoms with E-state index in [1.807, 2.05) is 35.4 Å². The highest BCUT2D eigenvalue weighted by atomic mass is 15.3. The molecule has 2 aromatic heterocycles. The summed E-state index contributed by atoms with van der Waals surface area (Å²) in [6, 6.07) is 2.06. The lowest BCUT2D eigenvalue weighted by Gasteiger charge is -1.85. The van der Waals surface area contributed by atoms with Crippen molar-refractivity contribution in [3.05, 3.63) is 24.2 Å². The Labute approximate surface area is 58.9 Å². The number of hydrogen-bond donors (Lipinski definition) is 0. The minimum Gasteiger partial charge on any atom is -0.334 e. The van der Waals surface area contributed by atoms with Crippen LogP contribution in [0.3, 0.4) is 0 Å². The molecule has 0 fully saturated rings. The molecule has 0 bridgehead atoms. The summed E-state index contributed by atoms with van der Waals surface area (Å²) in [4.78, 5) is 0. The Hall–Kier alpha value is -1.25. The van der Waals surface area contributed by atoms with Crippen LogP contribution in [0.25, 0.3) is 5.65 Å². The summed E-state index contributed by atoms with van der Waals surface area (Å²) in [6.07, 6.45) is 3.93. The fraction of sp³-hybridized carbons (Fsp3) is 0.286. The van der Waals surface area contributed by atoms with Crippen molar-refractivity contribution in [2.24, 2.45) is 7.05 Å². The Morgan fingerprint density at radius 2 is 2.20 bits per heavy atom. The zero-order valence-electron chi connectivity index (χ0n) is 6.07. The van der Waals surface area contributed by atoms with E-state index in [2.05, 4.69) is 11.2 Å². The molecule has 0 radical (unpaired) electrons. The van der Waals surface area contributed by atoms with Crippen LogP contribution in [0.1, 0.15) is 5.69 Å². The Balaban J connectivity index is 2.90. The summed E-state index contributed by atoms with van der Waals surface area (Å²) in [6.45, 7) is 1.99. The second-order valence-corrected chi connectivity index (χ2v) is 2.50. The van der Waals surface area contributed by atoms with Gasteiger partial charge in [0.25, 0.3) is 0 Å². The summed E-state index contributed by atoms with van der Waals surface area (Å²) in [7, 11) is 2.01. The van der Waals surface area contributed by atoms with Crippen LogP contribution in [-0.2, 0) is 7.05 Å². The smallest absolute Gasteiger partial charge is 0.135 e. The molecule has 3 heteroatoms. The van der Waals surface area contributed by atoms with Gasteiger partial charge in [-0.3, -0.25) is 0 Å². The molecular weight excluding hydrogens is 126 g/mol. The molecule has 0 saturated heterocycles. The third-order valence-corrected chi connectivity index (χ3v) is 1.63. The van der Waals surface area contributed by atoms with Gasteiger partial charge in [-0.1, -0.05) is 0 Å². The van der Waals surface area contributed by atoms with Crippen LogP contribution < -0.4 is 0 Å². The van der Waals surface area contributed by atoms with Gasteiger partial charge in [-0.2, -0.15) is 5.10 Å². The van der Waals surface area contributed by atoms with Crippen LogP contribution in [0, 0.1) is 6.92 Å². The predicted molar refractivity (Wildman–Crippen MR) is 38.9 cm³/mol. The lowest BCUT2D eigenvalue weighted by molar-refractivity contribution is 0.918. The predicted octanol–water partition coefficient (Wildman–Crippen LogP) is 0.981. The normalized spacial score (nSPS) is 11.0. The molecule has 0 atom stereocenters. The summed E-state index contributed by atoms with van der Waals surface area (Å²) in [5.41, 5.74) is 2.20. The van der Waals surface area contributed by atoms with Crippen molar-refractivity contribution in [3.8, 4) is 0 Å². The maximum Gasteiger partial charge on any atom is 0.135 e. The summed E-state index contributed by atoms with van der Waals surface area (Å²) < 4.78 is 3.91. The SMILES string of the molecule is Cc1cc2n(C)ccn2n1. The molecule has 0 aliphatic heterocycles. The second-order valence-electron chi connectivity index (χ2n) is 2.50. The molecule has 2 aromatic rings. The summed E-state index contributed by atoms with van der Waals surface area (Å²) in [5.74, 6) is 0. The average Bonchev–Trinajstić information content (AvgIpc) is 2.35. The molecule has 2 heterocycles. The minimum absolute atomic E-state index is 1.06. The van der Waals surface area contributed by atoms with Gasteiger partial charge in [-0.25, -0.2) is 4.52 Å². The molecule has 0 aromatic carbocycles. The number of rotatable bonds is 0. The van der Waals surface area contributed by atoms with Gasteiger partial charge >= 0.3 is 0 Å². The lowest BCUT2D eigenvalue weighted by atomic mass is 10.5. The van der Waals surface area contributed by atoms with Crippen molar-refractivity contribution in [1.29, 1.82) is 0 Å². The van der Waals surface area contributed by atoms with Crippen molar-refractivity contribution in [2.75, 3.05) is 0 Å². The van der Waals surface area contributed by atoms with E-state index in [9.17, 15) is 0 Å². The lowest BCUT2D eigenvalue weighted by Crippen LogP contribution is -1.84. The zero-order chi connectivity index (χ0) is 7.14. The highest BCUT2D eigenvalue weighted by Crippen LogP contribution is 2.04. The molecule has 0 amide bonds. The first-order chi connectivity index (χ1) is 4.77. The van der Waals surface area contributed by atoms with Crippen molar-refractivity contribution < 1.29 is 0 Å². The molecule has 52 valence electrons. The Bertz CT molecular complexity index is 356. The van der Waals surface area contributed by atoms with E-state index in [0.29, 0.717) is 0 Å². The molecule has 0 N–H and O–H groups in total. The van der Waals surface area contributed by atoms with Crippen LogP contribution >= 0.6 is 0 Å². The molecule has 0 spiro atoms. The van der Waals surface area contributed by atoms with Gasteiger partial charge in [0, 0.05) is 25.5 Å². The van der Waals surface area contributed by atoms with E-state index in [1.54, 1.807) is 0 Å². The third-order valence-electron chi connectivity index (χ3n) is 1.63. The van der Waals surface area contributed by atoms with Gasteiger partial charge in [-0.15, -0.1) is 0 Å². The zero-order valence-corrected chi connectivity index (χ0v) is 6.07. The first-order valence-electron chi connectivity index (χ1n) is 3.25. The fourth-order valence-corrected chi connectivity index (χ4v) is 1.12. The number of nitrogens with zero attached hydrogens (tertiary/aromatic N) is 3. The van der Waals surface area contributed by atoms with E-state index in [0.717, 1.165) is 11.3 Å². The van der Waals surface area contributed by atoms with E-state index in [-0.39, 0.29) is 0 Å². The van der Waals surface area contributed by atoms with E-state index >= 15 is 0 Å². The first-order valence-corrected chi connectivity index (χ1v) is 3.25. The number of aryl methyl sites for hydroxylation is 2. The van der Waals surface area contributed by atoms with Crippen molar-refractivity contribution in [1.82, 2.24) is 14.2 Å². The fourth-order valence-electron chi connectivity index (χ4n) is 1.12. The topological polar surface area (TPSA) is 22.2 Å². The largest absolute Gasteiger partial charge is 0.334 e. The van der Waals surface area contributed by atoms with Crippen LogP contribution in [-0.4, -0.2) is 14.2 Å². The monoisotopic (exact) mass is 135 g/mol. The van der Waals surface area contributed by atoms with E-state index in [4.69, 9.17) is 0 Å². The van der Waals surface area contributed by atoms with Crippen molar-refractivity contribution >= 4 is 5.65 Å². The van der Waals surface area contributed by atoms with Crippen LogP contribution in [0.5, 0.6) is 0 Å². The molecule has 3 nitrogen and oxygen atoms in total. The van der Waals surface area contributed by atoms with Gasteiger partial charge in [0.15, 0.2) is 0 Å². The van der Waals surface area contributed by atoms with Gasteiger partial charge < -0.3 is 4.57 Å². The van der Waals surface area contributed by atoms with Crippen LogP contribution in [0.2, 0.25) is 0 Å². The van der Waals surface area contributed by atoms with Gasteiger partial charge in [0.1, 0.15) is 5.65 Å². The van der Waals surface area contributed by atoms with Crippen LogP contribution in [0.4, 0.5) is 0 Å². The molecule has 10 heavy (non-hydrogen) atoms. The van der Waals surface area contributed by atoms with Gasteiger partial charge in [0.2, 0.25) is 0 Å². The molecule has 0 unspecified atom stereocenters. The highest BCUT2D eigenvalue weighted by Gasteiger charge is 1.98. The number of hydrogen-bond acceptors (Lipinski definition) is 1. The van der Waals surface area contributed by atoms with Crippen LogP contribution in [0.15, 0.2) is 18.5 Å². The second kappa shape index (κ2) is 1.62. The quantitative estimate of drug-likeness (QED) is 0.528. The molecule has 2 rings (SSSR count). The average molecular weight is 135 g/mol. The summed E-state index contributed by atoms with van der Waals surface area (Å²) in [5, 5.41) is 4.23. The maximum absolute atomic E-state index is 4.23. The minimum atomic E-state index is 1.06. The Kier molecular flexibility index (Phi) is 0.897. The third kappa shape index (κ3) is 0.572. The standard InChI is InChI=1S/C7H9N3/c1-6-5-7-9(2)3-4-10(7)8-6/h3-5H,1-2H3. The summed E-state index contributed by atoms with van der Waals surface area (Å²) >= 11 is 0. The van der Waals surface area contributed by atoms with Crippen molar-refractivity contribution in [3.63, 3.8) is 0 Å². The van der Waals surface area contributed by atoms with E-state index in [1.165, 1.54) is 0 Å². The number of imidazole rings is 1. The van der Waals surface area contributed by atoms with Gasteiger partial charge in [-0.05, 0) is 6.92 Å². The van der Waals surface area contributed by atoms with Crippen molar-refractivity contribution in [2.45, 2.75) is 6.92 Å². The number of aromatic nitrogens is 3. The van der Waals surface area contributed by atoms with E-state index < -0.39 is 0 Å². The number of fused-ring (bicyclic) bond motifs is 1. The van der Waals surface area contributed by atoms with Gasteiger partial charge in [0.05, 0.1) is 5.69 Å². The Morgan fingerprint density at radius 1 is 1.40 bits per heavy atom. The molecule has 0 saturated carbocycles.